The molecule has 0 fully saturated rings. The monoisotopic (exact) mass is 384 g/mol. The van der Waals surface area contributed by atoms with Gasteiger partial charge in [-0.05, 0) is 30.7 Å². The van der Waals surface area contributed by atoms with Gasteiger partial charge in [-0.25, -0.2) is 9.78 Å². The molecule has 0 aliphatic rings. The zero-order valence-corrected chi connectivity index (χ0v) is 14.8. The van der Waals surface area contributed by atoms with Gasteiger partial charge in [0.1, 0.15) is 17.1 Å². The van der Waals surface area contributed by atoms with Crippen molar-refractivity contribution in [3.05, 3.63) is 45.6 Å². The van der Waals surface area contributed by atoms with Crippen LogP contribution in [0, 0.1) is 6.92 Å². The van der Waals surface area contributed by atoms with E-state index >= 15 is 0 Å². The van der Waals surface area contributed by atoms with Crippen molar-refractivity contribution >= 4 is 40.9 Å². The first-order chi connectivity index (χ1) is 11.8. The van der Waals surface area contributed by atoms with E-state index in [1.54, 1.807) is 6.92 Å². The number of aromatic nitrogens is 1. The van der Waals surface area contributed by atoms with E-state index in [0.717, 1.165) is 0 Å². The van der Waals surface area contributed by atoms with E-state index < -0.39 is 18.5 Å². The topological polar surface area (TPSA) is 97.8 Å². The van der Waals surface area contributed by atoms with Crippen LogP contribution in [0.15, 0.2) is 24.4 Å². The number of hydrogen-bond acceptors (Lipinski definition) is 6. The Morgan fingerprint density at radius 3 is 2.72 bits per heavy atom. The zero-order chi connectivity index (χ0) is 18.6. The number of carbonyl (C=O) groups excluding carboxylic acids is 2. The highest BCUT2D eigenvalue weighted by Gasteiger charge is 2.17. The fraction of sp³-hybridized carbons (Fsp3) is 0.188. The van der Waals surface area contributed by atoms with Crippen molar-refractivity contribution in [2.75, 3.05) is 19.0 Å². The van der Waals surface area contributed by atoms with Crippen molar-refractivity contribution in [1.29, 1.82) is 0 Å². The summed E-state index contributed by atoms with van der Waals surface area (Å²) in [5.74, 6) is -1.34. The summed E-state index contributed by atoms with van der Waals surface area (Å²) in [6, 6.07) is 4.07. The highest BCUT2D eigenvalue weighted by Crippen LogP contribution is 2.28. The molecule has 1 heterocycles. The normalized spacial score (nSPS) is 10.2. The quantitative estimate of drug-likeness (QED) is 0.768. The number of anilines is 1. The summed E-state index contributed by atoms with van der Waals surface area (Å²) in [5.41, 5.74) is 0.442. The molecule has 1 aromatic carbocycles. The molecule has 0 bridgehead atoms. The number of halogens is 2. The molecule has 132 valence electrons. The Kier molecular flexibility index (Phi) is 6.06. The van der Waals surface area contributed by atoms with Gasteiger partial charge in [0.05, 0.1) is 17.2 Å². The third kappa shape index (κ3) is 4.52. The van der Waals surface area contributed by atoms with Crippen LogP contribution in [0.2, 0.25) is 10.0 Å². The number of phenols is 1. The minimum atomic E-state index is -0.877. The number of amides is 1. The summed E-state index contributed by atoms with van der Waals surface area (Å²) in [4.78, 5) is 27.8. The van der Waals surface area contributed by atoms with Crippen molar-refractivity contribution in [2.24, 2.45) is 0 Å². The maximum Gasteiger partial charge on any atom is 0.342 e. The number of aromatic hydroxyl groups is 1. The molecule has 0 unspecified atom stereocenters. The summed E-state index contributed by atoms with van der Waals surface area (Å²) in [5, 5.41) is 12.7. The Labute approximate surface area is 153 Å². The second-order valence-electron chi connectivity index (χ2n) is 4.90. The highest BCUT2D eigenvalue weighted by molar-refractivity contribution is 6.37. The number of methoxy groups -OCH3 is 1. The lowest BCUT2D eigenvalue weighted by atomic mass is 10.2. The van der Waals surface area contributed by atoms with E-state index in [0.29, 0.717) is 16.3 Å². The molecule has 0 saturated heterocycles. The average Bonchev–Trinajstić information content (AvgIpc) is 2.60. The van der Waals surface area contributed by atoms with E-state index in [2.05, 4.69) is 10.3 Å². The van der Waals surface area contributed by atoms with Crippen LogP contribution in [0.3, 0.4) is 0 Å². The lowest BCUT2D eigenvalue weighted by Crippen LogP contribution is -2.21. The van der Waals surface area contributed by atoms with Gasteiger partial charge in [0.2, 0.25) is 0 Å². The Hall–Kier alpha value is -2.51. The van der Waals surface area contributed by atoms with Crippen LogP contribution in [-0.2, 0) is 9.53 Å². The first kappa shape index (κ1) is 18.8. The van der Waals surface area contributed by atoms with Crippen LogP contribution >= 0.6 is 23.2 Å². The van der Waals surface area contributed by atoms with Gasteiger partial charge in [0.15, 0.2) is 12.4 Å². The van der Waals surface area contributed by atoms with Crippen LogP contribution in [0.25, 0.3) is 0 Å². The fourth-order valence-electron chi connectivity index (χ4n) is 1.83. The first-order valence-corrected chi connectivity index (χ1v) is 7.73. The number of nitrogens with one attached hydrogen (secondary N) is 1. The Morgan fingerprint density at radius 2 is 2.04 bits per heavy atom. The van der Waals surface area contributed by atoms with Crippen molar-refractivity contribution in [2.45, 2.75) is 6.92 Å². The lowest BCUT2D eigenvalue weighted by molar-refractivity contribution is -0.119. The molecule has 2 rings (SSSR count). The van der Waals surface area contributed by atoms with Crippen molar-refractivity contribution in [1.82, 2.24) is 4.98 Å². The van der Waals surface area contributed by atoms with E-state index in [1.807, 2.05) is 0 Å². The molecule has 7 nitrogen and oxygen atoms in total. The van der Waals surface area contributed by atoms with E-state index in [9.17, 15) is 14.7 Å². The molecule has 2 N–H and O–H groups in total. The number of carbonyl (C=O) groups is 2. The predicted octanol–water partition coefficient (Wildman–Crippen LogP) is 3.21. The summed E-state index contributed by atoms with van der Waals surface area (Å²) in [7, 11) is 1.42. The minimum absolute atomic E-state index is 0.105. The number of esters is 1. The molecule has 0 saturated carbocycles. The van der Waals surface area contributed by atoms with Crippen LogP contribution in [0.5, 0.6) is 11.5 Å². The summed E-state index contributed by atoms with van der Waals surface area (Å²) < 4.78 is 9.84. The molecule has 0 radical (unpaired) electrons. The Bertz CT molecular complexity index is 826. The van der Waals surface area contributed by atoms with Gasteiger partial charge in [0, 0.05) is 6.20 Å². The largest absolute Gasteiger partial charge is 0.507 e. The molecule has 1 amide bonds. The number of benzene rings is 1. The molecule has 0 spiro atoms. The number of phenolic OH excluding ortho intramolecular Hbond substituents is 1. The molecule has 0 aliphatic heterocycles. The second-order valence-corrected chi connectivity index (χ2v) is 5.69. The number of pyridine rings is 1. The summed E-state index contributed by atoms with van der Waals surface area (Å²) >= 11 is 11.9. The SMILES string of the molecule is COc1ccc(O)c(C(=O)OCC(=O)Nc2ncc(Cl)c(C)c2Cl)c1. The lowest BCUT2D eigenvalue weighted by Gasteiger charge is -2.10. The maximum absolute atomic E-state index is 12.0. The second kappa shape index (κ2) is 8.04. The Balaban J connectivity index is 2.01. The number of nitrogens with zero attached hydrogens (tertiary/aromatic N) is 1. The third-order valence-electron chi connectivity index (χ3n) is 3.22. The van der Waals surface area contributed by atoms with E-state index in [1.165, 1.54) is 31.5 Å². The van der Waals surface area contributed by atoms with Gasteiger partial charge >= 0.3 is 5.97 Å². The van der Waals surface area contributed by atoms with Gasteiger partial charge < -0.3 is 19.9 Å². The van der Waals surface area contributed by atoms with Crippen molar-refractivity contribution in [3.8, 4) is 11.5 Å². The van der Waals surface area contributed by atoms with Crippen LogP contribution in [0.1, 0.15) is 15.9 Å². The fourth-order valence-corrected chi connectivity index (χ4v) is 2.22. The number of ether oxygens (including phenoxy) is 2. The highest BCUT2D eigenvalue weighted by atomic mass is 35.5. The van der Waals surface area contributed by atoms with Crippen molar-refractivity contribution < 1.29 is 24.2 Å². The number of hydrogen-bond donors (Lipinski definition) is 2. The standard InChI is InChI=1S/C16H14Cl2N2O5/c1-8-11(17)6-19-15(14(8)18)20-13(22)7-25-16(23)10-5-9(24-2)3-4-12(10)21/h3-6,21H,7H2,1-2H3,(H,19,20,22). The zero-order valence-electron chi connectivity index (χ0n) is 13.3. The average molecular weight is 385 g/mol. The van der Waals surface area contributed by atoms with E-state index in [-0.39, 0.29) is 22.2 Å². The molecular formula is C16H14Cl2N2O5. The molecule has 25 heavy (non-hydrogen) atoms. The van der Waals surface area contributed by atoms with Crippen LogP contribution in [-0.4, -0.2) is 35.7 Å². The number of rotatable bonds is 5. The molecule has 1 aromatic heterocycles. The van der Waals surface area contributed by atoms with Gasteiger partial charge in [-0.2, -0.15) is 0 Å². The summed E-state index contributed by atoms with van der Waals surface area (Å²) in [6.45, 7) is 1.09. The van der Waals surface area contributed by atoms with Gasteiger partial charge in [0.25, 0.3) is 5.91 Å². The van der Waals surface area contributed by atoms with E-state index in [4.69, 9.17) is 32.7 Å². The minimum Gasteiger partial charge on any atom is -0.507 e. The molecule has 0 aliphatic carbocycles. The van der Waals surface area contributed by atoms with Crippen molar-refractivity contribution in [3.63, 3.8) is 0 Å². The molecular weight excluding hydrogens is 371 g/mol. The predicted molar refractivity (Wildman–Crippen MR) is 92.6 cm³/mol. The third-order valence-corrected chi connectivity index (χ3v) is 4.06. The molecule has 2 aromatic rings. The van der Waals surface area contributed by atoms with Crippen LogP contribution < -0.4 is 10.1 Å². The Morgan fingerprint density at radius 1 is 1.32 bits per heavy atom. The summed E-state index contributed by atoms with van der Waals surface area (Å²) in [6.07, 6.45) is 1.35. The molecule has 9 heteroatoms. The first-order valence-electron chi connectivity index (χ1n) is 6.98. The van der Waals surface area contributed by atoms with Gasteiger partial charge in [-0.1, -0.05) is 23.2 Å². The maximum atomic E-state index is 12.0. The molecule has 0 atom stereocenters. The smallest absolute Gasteiger partial charge is 0.342 e. The van der Waals surface area contributed by atoms with Gasteiger partial charge in [-0.3, -0.25) is 4.79 Å². The van der Waals surface area contributed by atoms with Crippen LogP contribution in [0.4, 0.5) is 5.82 Å². The van der Waals surface area contributed by atoms with Gasteiger partial charge in [-0.15, -0.1) is 0 Å².